The molecule has 0 aromatic carbocycles. The van der Waals surface area contributed by atoms with E-state index in [1.807, 2.05) is 31.4 Å². The van der Waals surface area contributed by atoms with Gasteiger partial charge in [0.05, 0.1) is 12.5 Å². The molecule has 5 heteroatoms. The van der Waals surface area contributed by atoms with E-state index in [4.69, 9.17) is 10.8 Å². The predicted octanol–water partition coefficient (Wildman–Crippen LogP) is 1.98. The summed E-state index contributed by atoms with van der Waals surface area (Å²) in [6, 6.07) is 3.78. The summed E-state index contributed by atoms with van der Waals surface area (Å²) in [5.41, 5.74) is 5.66. The van der Waals surface area contributed by atoms with Gasteiger partial charge in [0.1, 0.15) is 0 Å². The van der Waals surface area contributed by atoms with Gasteiger partial charge in [-0.3, -0.25) is 4.79 Å². The molecule has 1 heterocycles. The van der Waals surface area contributed by atoms with Crippen molar-refractivity contribution in [2.45, 2.75) is 38.3 Å². The van der Waals surface area contributed by atoms with Crippen molar-refractivity contribution in [3.63, 3.8) is 0 Å². The Labute approximate surface area is 106 Å². The van der Waals surface area contributed by atoms with Crippen LogP contribution in [-0.2, 0) is 4.79 Å². The molecule has 0 aliphatic rings. The number of carbonyl (C=O) groups is 1. The number of carboxylic acids is 1. The lowest BCUT2D eigenvalue weighted by Crippen LogP contribution is -2.36. The predicted molar refractivity (Wildman–Crippen MR) is 70.2 cm³/mol. The highest BCUT2D eigenvalue weighted by molar-refractivity contribution is 7.10. The molecule has 1 unspecified atom stereocenters. The van der Waals surface area contributed by atoms with Crippen LogP contribution in [0.3, 0.4) is 0 Å². The van der Waals surface area contributed by atoms with E-state index in [1.165, 1.54) is 0 Å². The lowest BCUT2D eigenvalue weighted by molar-refractivity contribution is -0.137. The maximum absolute atomic E-state index is 10.8. The van der Waals surface area contributed by atoms with E-state index in [9.17, 15) is 4.79 Å². The van der Waals surface area contributed by atoms with Crippen molar-refractivity contribution in [3.05, 3.63) is 22.4 Å². The highest BCUT2D eigenvalue weighted by Gasteiger charge is 2.17. The first-order chi connectivity index (χ1) is 7.88. The van der Waals surface area contributed by atoms with Crippen LogP contribution in [0.5, 0.6) is 0 Å². The lowest BCUT2D eigenvalue weighted by Gasteiger charge is -2.21. The molecule has 0 fully saturated rings. The Morgan fingerprint density at radius 1 is 1.65 bits per heavy atom. The third kappa shape index (κ3) is 5.81. The lowest BCUT2D eigenvalue weighted by atomic mass is 10.0. The third-order valence-corrected chi connectivity index (χ3v) is 3.41. The first-order valence-corrected chi connectivity index (χ1v) is 6.54. The molecule has 0 bridgehead atoms. The van der Waals surface area contributed by atoms with Gasteiger partial charge in [-0.2, -0.15) is 0 Å². The highest BCUT2D eigenvalue weighted by Crippen LogP contribution is 2.22. The summed E-state index contributed by atoms with van der Waals surface area (Å²) in [6.45, 7) is 4.65. The fraction of sp³-hybridized carbons (Fsp3) is 0.583. The zero-order chi connectivity index (χ0) is 12.9. The minimum absolute atomic E-state index is 0.103. The molecule has 1 rings (SSSR count). The summed E-state index contributed by atoms with van der Waals surface area (Å²) in [4.78, 5) is 11.9. The minimum Gasteiger partial charge on any atom is -0.481 e. The number of hydrogen-bond acceptors (Lipinski definition) is 4. The monoisotopic (exact) mass is 256 g/mol. The molecule has 0 aliphatic heterocycles. The van der Waals surface area contributed by atoms with Crippen LogP contribution >= 0.6 is 11.3 Å². The quantitative estimate of drug-likeness (QED) is 0.697. The van der Waals surface area contributed by atoms with E-state index in [-0.39, 0.29) is 18.0 Å². The van der Waals surface area contributed by atoms with Gasteiger partial charge in [-0.25, -0.2) is 0 Å². The van der Waals surface area contributed by atoms with Gasteiger partial charge in [0.25, 0.3) is 0 Å². The van der Waals surface area contributed by atoms with Crippen LogP contribution in [0.25, 0.3) is 0 Å². The molecule has 1 aromatic heterocycles. The van der Waals surface area contributed by atoms with E-state index in [0.717, 1.165) is 17.8 Å². The molecular weight excluding hydrogens is 236 g/mol. The van der Waals surface area contributed by atoms with E-state index in [0.29, 0.717) is 0 Å². The normalized spacial score (nSPS) is 13.6. The maximum atomic E-state index is 10.8. The Morgan fingerprint density at radius 2 is 2.35 bits per heavy atom. The van der Waals surface area contributed by atoms with E-state index in [1.54, 1.807) is 11.3 Å². The molecule has 0 amide bonds. The minimum atomic E-state index is -0.789. The number of thiophene rings is 1. The van der Waals surface area contributed by atoms with Gasteiger partial charge in [-0.15, -0.1) is 11.3 Å². The first kappa shape index (κ1) is 14.2. The number of rotatable bonds is 7. The van der Waals surface area contributed by atoms with Gasteiger partial charge in [0, 0.05) is 10.4 Å². The number of aliphatic carboxylic acids is 1. The second kappa shape index (κ2) is 6.14. The Bertz CT molecular complexity index is 344. The number of nitrogens with one attached hydrogen (secondary N) is 1. The summed E-state index contributed by atoms with van der Waals surface area (Å²) in [7, 11) is 0. The fourth-order valence-electron chi connectivity index (χ4n) is 1.51. The smallest absolute Gasteiger partial charge is 0.305 e. The summed E-state index contributed by atoms with van der Waals surface area (Å²) >= 11 is 1.57. The second-order valence-corrected chi connectivity index (χ2v) is 5.84. The van der Waals surface area contributed by atoms with Crippen molar-refractivity contribution in [1.29, 1.82) is 0 Å². The van der Waals surface area contributed by atoms with Crippen molar-refractivity contribution in [1.82, 2.24) is 5.32 Å². The maximum Gasteiger partial charge on any atom is 0.305 e. The first-order valence-electron chi connectivity index (χ1n) is 5.66. The van der Waals surface area contributed by atoms with Crippen LogP contribution in [0.1, 0.15) is 37.6 Å². The zero-order valence-corrected chi connectivity index (χ0v) is 11.1. The van der Waals surface area contributed by atoms with E-state index in [2.05, 4.69) is 5.32 Å². The molecule has 17 heavy (non-hydrogen) atoms. The van der Waals surface area contributed by atoms with Crippen LogP contribution in [0.2, 0.25) is 0 Å². The molecule has 1 atom stereocenters. The molecule has 4 nitrogen and oxygen atoms in total. The van der Waals surface area contributed by atoms with Gasteiger partial charge < -0.3 is 16.2 Å². The summed E-state index contributed by atoms with van der Waals surface area (Å²) in [6.07, 6.45) is 0.917. The Balaban J connectivity index is 2.51. The highest BCUT2D eigenvalue weighted by atomic mass is 32.1. The Kier molecular flexibility index (Phi) is 5.11. The number of nitrogens with two attached hydrogens (primary N) is 1. The summed E-state index contributed by atoms with van der Waals surface area (Å²) < 4.78 is 0. The topological polar surface area (TPSA) is 75.3 Å². The van der Waals surface area contributed by atoms with Crippen molar-refractivity contribution in [2.24, 2.45) is 5.73 Å². The summed E-state index contributed by atoms with van der Waals surface area (Å²) in [5, 5.41) is 14.1. The Morgan fingerprint density at radius 3 is 2.82 bits per heavy atom. The SMILES string of the molecule is CC(C)(N)CCNC(CC(=O)O)c1cccs1. The molecule has 0 aliphatic carbocycles. The molecule has 96 valence electrons. The largest absolute Gasteiger partial charge is 0.481 e. The molecule has 4 N–H and O–H groups in total. The van der Waals surface area contributed by atoms with Gasteiger partial charge in [0.2, 0.25) is 0 Å². The van der Waals surface area contributed by atoms with Crippen molar-refractivity contribution in [2.75, 3.05) is 6.54 Å². The van der Waals surface area contributed by atoms with Gasteiger partial charge in [-0.05, 0) is 38.3 Å². The second-order valence-electron chi connectivity index (χ2n) is 4.86. The van der Waals surface area contributed by atoms with Crippen LogP contribution in [0, 0.1) is 0 Å². The van der Waals surface area contributed by atoms with Crippen molar-refractivity contribution in [3.8, 4) is 0 Å². The van der Waals surface area contributed by atoms with Crippen LogP contribution < -0.4 is 11.1 Å². The molecule has 1 aromatic rings. The van der Waals surface area contributed by atoms with Crippen molar-refractivity contribution >= 4 is 17.3 Å². The summed E-state index contributed by atoms with van der Waals surface area (Å²) in [5.74, 6) is -0.789. The van der Waals surface area contributed by atoms with Gasteiger partial charge in [-0.1, -0.05) is 6.07 Å². The molecule has 0 radical (unpaired) electrons. The van der Waals surface area contributed by atoms with Crippen LogP contribution in [0.4, 0.5) is 0 Å². The van der Waals surface area contributed by atoms with Gasteiger partial charge >= 0.3 is 5.97 Å². The van der Waals surface area contributed by atoms with Crippen LogP contribution in [0.15, 0.2) is 17.5 Å². The van der Waals surface area contributed by atoms with Gasteiger partial charge in [0.15, 0.2) is 0 Å². The van der Waals surface area contributed by atoms with E-state index >= 15 is 0 Å². The molecule has 0 spiro atoms. The van der Waals surface area contributed by atoms with Crippen molar-refractivity contribution < 1.29 is 9.90 Å². The molecular formula is C12H20N2O2S. The molecule has 0 saturated carbocycles. The van der Waals surface area contributed by atoms with Crippen LogP contribution in [-0.4, -0.2) is 23.2 Å². The zero-order valence-electron chi connectivity index (χ0n) is 10.3. The average Bonchev–Trinajstić information content (AvgIpc) is 2.66. The van der Waals surface area contributed by atoms with E-state index < -0.39 is 5.97 Å². The number of carboxylic acid groups (broad SMARTS) is 1. The molecule has 0 saturated heterocycles. The fourth-order valence-corrected chi connectivity index (χ4v) is 2.31. The standard InChI is InChI=1S/C12H20N2O2S/c1-12(2,13)5-6-14-9(8-11(15)16)10-4-3-7-17-10/h3-4,7,9,14H,5-6,8,13H2,1-2H3,(H,15,16). The third-order valence-electron chi connectivity index (χ3n) is 2.43. The Hall–Kier alpha value is -0.910. The number of hydrogen-bond donors (Lipinski definition) is 3. The average molecular weight is 256 g/mol.